The number of anilines is 1. The van der Waals surface area contributed by atoms with Gasteiger partial charge in [-0.25, -0.2) is 0 Å². The second kappa shape index (κ2) is 6.48. The van der Waals surface area contributed by atoms with Crippen molar-refractivity contribution in [3.05, 3.63) is 29.8 Å². The van der Waals surface area contributed by atoms with E-state index in [0.29, 0.717) is 12.8 Å². The number of hydrogen-bond donors (Lipinski definition) is 2. The van der Waals surface area contributed by atoms with Crippen LogP contribution in [0.3, 0.4) is 0 Å². The van der Waals surface area contributed by atoms with Crippen molar-refractivity contribution in [1.82, 2.24) is 5.32 Å². The quantitative estimate of drug-likeness (QED) is 0.875. The maximum Gasteiger partial charge on any atom is 0.323 e. The molecule has 0 spiro atoms. The molecule has 2 atom stereocenters. The molecule has 0 saturated heterocycles. The molecule has 4 heteroatoms. The van der Waals surface area contributed by atoms with E-state index in [2.05, 4.69) is 42.3 Å². The Labute approximate surface area is 127 Å². The van der Waals surface area contributed by atoms with E-state index in [-0.39, 0.29) is 6.04 Å². The second-order valence-corrected chi connectivity index (χ2v) is 5.96. The third kappa shape index (κ3) is 3.05. The fourth-order valence-corrected chi connectivity index (χ4v) is 3.55. The number of carbonyl (C=O) groups is 1. The van der Waals surface area contributed by atoms with Gasteiger partial charge >= 0.3 is 5.97 Å². The number of carboxylic acid groups (broad SMARTS) is 1. The van der Waals surface area contributed by atoms with Crippen molar-refractivity contribution in [1.29, 1.82) is 0 Å². The number of aryl methyl sites for hydroxylation is 1. The van der Waals surface area contributed by atoms with Crippen LogP contribution in [0, 0.1) is 6.92 Å². The number of aliphatic carboxylic acids is 1. The minimum atomic E-state index is -0.779. The Kier molecular flexibility index (Phi) is 4.88. The van der Waals surface area contributed by atoms with E-state index < -0.39 is 11.5 Å². The molecule has 0 amide bonds. The zero-order valence-electron chi connectivity index (χ0n) is 13.2. The molecule has 2 rings (SSSR count). The Bertz CT molecular complexity index is 503. The number of carboxylic acids is 1. The van der Waals surface area contributed by atoms with Crippen molar-refractivity contribution in [3.63, 3.8) is 0 Å². The molecule has 1 fully saturated rings. The lowest BCUT2D eigenvalue weighted by molar-refractivity contribution is -0.146. The molecule has 0 aromatic heterocycles. The molecule has 1 saturated carbocycles. The number of nitrogens with zero attached hydrogens (tertiary/aromatic N) is 1. The van der Waals surface area contributed by atoms with E-state index in [1.165, 1.54) is 11.3 Å². The van der Waals surface area contributed by atoms with E-state index in [4.69, 9.17) is 0 Å². The van der Waals surface area contributed by atoms with Crippen LogP contribution in [0.2, 0.25) is 0 Å². The Morgan fingerprint density at radius 2 is 2.19 bits per heavy atom. The molecule has 1 aliphatic rings. The van der Waals surface area contributed by atoms with Gasteiger partial charge in [-0.15, -0.1) is 0 Å². The van der Waals surface area contributed by atoms with Crippen LogP contribution in [0.1, 0.15) is 38.2 Å². The highest BCUT2D eigenvalue weighted by atomic mass is 16.4. The summed E-state index contributed by atoms with van der Waals surface area (Å²) in [6, 6.07) is 8.62. The molecule has 0 radical (unpaired) electrons. The van der Waals surface area contributed by atoms with Gasteiger partial charge in [0, 0.05) is 18.3 Å². The SMILES string of the molecule is CCN(c1ccccc1C)C1CCCC(NC)(C(=O)O)C1. The molecule has 0 aliphatic heterocycles. The molecule has 1 aromatic rings. The minimum absolute atomic E-state index is 0.272. The smallest absolute Gasteiger partial charge is 0.323 e. The van der Waals surface area contributed by atoms with Crippen molar-refractivity contribution in [2.45, 2.75) is 51.1 Å². The van der Waals surface area contributed by atoms with Crippen molar-refractivity contribution < 1.29 is 9.90 Å². The molecule has 1 aromatic carbocycles. The molecular formula is C17H26N2O2. The van der Waals surface area contributed by atoms with Crippen LogP contribution >= 0.6 is 0 Å². The number of likely N-dealkylation sites (N-methyl/N-ethyl adjacent to an activating group) is 1. The van der Waals surface area contributed by atoms with Gasteiger partial charge < -0.3 is 15.3 Å². The Hall–Kier alpha value is -1.55. The molecule has 116 valence electrons. The lowest BCUT2D eigenvalue weighted by Crippen LogP contribution is -2.57. The van der Waals surface area contributed by atoms with E-state index >= 15 is 0 Å². The van der Waals surface area contributed by atoms with E-state index in [1.54, 1.807) is 7.05 Å². The monoisotopic (exact) mass is 290 g/mol. The fourth-order valence-electron chi connectivity index (χ4n) is 3.55. The highest BCUT2D eigenvalue weighted by Crippen LogP contribution is 2.34. The summed E-state index contributed by atoms with van der Waals surface area (Å²) in [5, 5.41) is 12.7. The van der Waals surface area contributed by atoms with Crippen LogP contribution < -0.4 is 10.2 Å². The summed E-state index contributed by atoms with van der Waals surface area (Å²) in [5.74, 6) is -0.726. The van der Waals surface area contributed by atoms with E-state index in [9.17, 15) is 9.90 Å². The molecule has 2 unspecified atom stereocenters. The highest BCUT2D eigenvalue weighted by Gasteiger charge is 2.43. The lowest BCUT2D eigenvalue weighted by Gasteiger charge is -2.43. The predicted octanol–water partition coefficient (Wildman–Crippen LogP) is 2.81. The Balaban J connectivity index is 2.27. The number of para-hydroxylation sites is 1. The highest BCUT2D eigenvalue weighted by molar-refractivity contribution is 5.79. The number of benzene rings is 1. The summed E-state index contributed by atoms with van der Waals surface area (Å²) < 4.78 is 0. The van der Waals surface area contributed by atoms with Gasteiger partial charge in [0.2, 0.25) is 0 Å². The average Bonchev–Trinajstić information content (AvgIpc) is 2.50. The van der Waals surface area contributed by atoms with Gasteiger partial charge in [-0.1, -0.05) is 18.2 Å². The number of nitrogens with one attached hydrogen (secondary N) is 1. The van der Waals surface area contributed by atoms with Crippen molar-refractivity contribution in [3.8, 4) is 0 Å². The molecule has 0 bridgehead atoms. The van der Waals surface area contributed by atoms with Gasteiger partial charge in [-0.05, 0) is 58.2 Å². The number of hydrogen-bond acceptors (Lipinski definition) is 3. The Morgan fingerprint density at radius 1 is 1.48 bits per heavy atom. The lowest BCUT2D eigenvalue weighted by atomic mass is 9.78. The van der Waals surface area contributed by atoms with Gasteiger partial charge in [0.1, 0.15) is 5.54 Å². The van der Waals surface area contributed by atoms with Crippen LogP contribution in [0.4, 0.5) is 5.69 Å². The van der Waals surface area contributed by atoms with Gasteiger partial charge in [-0.3, -0.25) is 4.79 Å². The van der Waals surface area contributed by atoms with Crippen LogP contribution in [-0.2, 0) is 4.79 Å². The van der Waals surface area contributed by atoms with Crippen molar-refractivity contribution >= 4 is 11.7 Å². The maximum absolute atomic E-state index is 11.7. The van der Waals surface area contributed by atoms with Crippen molar-refractivity contribution in [2.75, 3.05) is 18.5 Å². The molecule has 21 heavy (non-hydrogen) atoms. The Morgan fingerprint density at radius 3 is 2.76 bits per heavy atom. The summed E-state index contributed by atoms with van der Waals surface area (Å²) in [6.45, 7) is 5.15. The first kappa shape index (κ1) is 15.8. The van der Waals surface area contributed by atoms with Crippen LogP contribution in [0.25, 0.3) is 0 Å². The summed E-state index contributed by atoms with van der Waals surface area (Å²) in [6.07, 6.45) is 3.36. The van der Waals surface area contributed by atoms with E-state index in [0.717, 1.165) is 19.4 Å². The van der Waals surface area contributed by atoms with Gasteiger partial charge in [0.25, 0.3) is 0 Å². The first-order valence-corrected chi connectivity index (χ1v) is 7.78. The largest absolute Gasteiger partial charge is 0.480 e. The third-order valence-electron chi connectivity index (χ3n) is 4.82. The molecule has 1 aliphatic carbocycles. The predicted molar refractivity (Wildman–Crippen MR) is 85.9 cm³/mol. The van der Waals surface area contributed by atoms with Crippen LogP contribution in [0.15, 0.2) is 24.3 Å². The van der Waals surface area contributed by atoms with E-state index in [1.807, 2.05) is 6.07 Å². The summed E-state index contributed by atoms with van der Waals surface area (Å²) >= 11 is 0. The van der Waals surface area contributed by atoms with Gasteiger partial charge in [0.15, 0.2) is 0 Å². The topological polar surface area (TPSA) is 52.6 Å². The zero-order chi connectivity index (χ0) is 15.5. The molecule has 2 N–H and O–H groups in total. The zero-order valence-corrected chi connectivity index (χ0v) is 13.2. The summed E-state index contributed by atoms with van der Waals surface area (Å²) in [7, 11) is 1.76. The summed E-state index contributed by atoms with van der Waals surface area (Å²) in [4.78, 5) is 14.1. The van der Waals surface area contributed by atoms with Crippen LogP contribution in [0.5, 0.6) is 0 Å². The average molecular weight is 290 g/mol. The number of rotatable bonds is 5. The summed E-state index contributed by atoms with van der Waals surface area (Å²) in [5.41, 5.74) is 1.69. The van der Waals surface area contributed by atoms with Gasteiger partial charge in [-0.2, -0.15) is 0 Å². The van der Waals surface area contributed by atoms with Gasteiger partial charge in [0.05, 0.1) is 0 Å². The van der Waals surface area contributed by atoms with Crippen LogP contribution in [-0.4, -0.2) is 36.2 Å². The normalized spacial score (nSPS) is 25.6. The van der Waals surface area contributed by atoms with Crippen molar-refractivity contribution in [2.24, 2.45) is 0 Å². The molecule has 4 nitrogen and oxygen atoms in total. The third-order valence-corrected chi connectivity index (χ3v) is 4.82. The maximum atomic E-state index is 11.7. The second-order valence-electron chi connectivity index (χ2n) is 5.96. The molecular weight excluding hydrogens is 264 g/mol. The fraction of sp³-hybridized carbons (Fsp3) is 0.588. The first-order chi connectivity index (χ1) is 10.0. The standard InChI is InChI=1S/C17H26N2O2/c1-4-19(15-10-6-5-8-13(15)2)14-9-7-11-17(12-14,18-3)16(20)21/h5-6,8,10,14,18H,4,7,9,11-12H2,1-3H3,(H,20,21). The first-order valence-electron chi connectivity index (χ1n) is 7.78. The molecule has 0 heterocycles. The minimum Gasteiger partial charge on any atom is -0.480 e.